The molecular weight excluding hydrogens is 258 g/mol. The first kappa shape index (κ1) is 13.2. The number of rotatable bonds is 3. The Labute approximate surface area is 116 Å². The normalized spacial score (nSPS) is 23.4. The molecule has 0 saturated carbocycles. The first-order valence-corrected chi connectivity index (χ1v) is 6.60. The number of nitrogens with zero attached hydrogens (tertiary/aromatic N) is 3. The number of hydrogen-bond acceptors (Lipinski definition) is 6. The number of aryl methyl sites for hydroxylation is 1. The zero-order valence-corrected chi connectivity index (χ0v) is 11.2. The minimum atomic E-state index is -0.696. The van der Waals surface area contributed by atoms with Gasteiger partial charge in [0, 0.05) is 18.7 Å². The monoisotopic (exact) mass is 275 g/mol. The van der Waals surface area contributed by atoms with Crippen LogP contribution in [0.1, 0.15) is 11.4 Å². The molecule has 1 aliphatic heterocycles. The first-order chi connectivity index (χ1) is 9.61. The number of aromatic nitrogens is 2. The summed E-state index contributed by atoms with van der Waals surface area (Å²) in [4.78, 5) is 6.26. The van der Waals surface area contributed by atoms with Gasteiger partial charge in [-0.25, -0.2) is 0 Å². The minimum absolute atomic E-state index is 0.426. The zero-order valence-electron chi connectivity index (χ0n) is 11.2. The van der Waals surface area contributed by atoms with Crippen molar-refractivity contribution in [3.63, 3.8) is 0 Å². The average molecular weight is 275 g/mol. The van der Waals surface area contributed by atoms with Gasteiger partial charge in [0.05, 0.1) is 18.8 Å². The Morgan fingerprint density at radius 2 is 2.05 bits per heavy atom. The Hall–Kier alpha value is -1.76. The van der Waals surface area contributed by atoms with Crippen molar-refractivity contribution >= 4 is 0 Å². The molecule has 1 fully saturated rings. The van der Waals surface area contributed by atoms with Crippen LogP contribution in [0.5, 0.6) is 0 Å². The quantitative estimate of drug-likeness (QED) is 0.852. The Bertz CT molecular complexity index is 589. The SMILES string of the molecule is Cc1cccc(-c2nc(CN3C[C@@H](O)[C@@H](O)C3)no2)c1. The van der Waals surface area contributed by atoms with Crippen molar-refractivity contribution in [1.82, 2.24) is 15.0 Å². The van der Waals surface area contributed by atoms with E-state index in [-0.39, 0.29) is 0 Å². The summed E-state index contributed by atoms with van der Waals surface area (Å²) in [6, 6.07) is 7.86. The van der Waals surface area contributed by atoms with Crippen molar-refractivity contribution in [2.45, 2.75) is 25.7 Å². The summed E-state index contributed by atoms with van der Waals surface area (Å²) in [6.07, 6.45) is -1.39. The van der Waals surface area contributed by atoms with E-state index in [0.29, 0.717) is 31.3 Å². The lowest BCUT2D eigenvalue weighted by Gasteiger charge is -2.10. The third-order valence-corrected chi connectivity index (χ3v) is 3.43. The van der Waals surface area contributed by atoms with Crippen LogP contribution >= 0.6 is 0 Å². The maximum absolute atomic E-state index is 9.50. The molecule has 106 valence electrons. The lowest BCUT2D eigenvalue weighted by atomic mass is 10.1. The Morgan fingerprint density at radius 1 is 1.30 bits per heavy atom. The molecule has 2 aromatic rings. The summed E-state index contributed by atoms with van der Waals surface area (Å²) in [7, 11) is 0. The maximum Gasteiger partial charge on any atom is 0.257 e. The fraction of sp³-hybridized carbons (Fsp3) is 0.429. The molecule has 0 amide bonds. The summed E-state index contributed by atoms with van der Waals surface area (Å²) in [5.41, 5.74) is 2.03. The second-order valence-electron chi connectivity index (χ2n) is 5.21. The van der Waals surface area contributed by atoms with Gasteiger partial charge in [0.15, 0.2) is 5.82 Å². The van der Waals surface area contributed by atoms with Crippen molar-refractivity contribution in [3.05, 3.63) is 35.7 Å². The van der Waals surface area contributed by atoms with E-state index in [1.165, 1.54) is 0 Å². The van der Waals surface area contributed by atoms with Crippen LogP contribution in [0.2, 0.25) is 0 Å². The summed E-state index contributed by atoms with van der Waals surface area (Å²) >= 11 is 0. The van der Waals surface area contributed by atoms with Crippen molar-refractivity contribution < 1.29 is 14.7 Å². The van der Waals surface area contributed by atoms with E-state index in [0.717, 1.165) is 11.1 Å². The molecule has 2 heterocycles. The highest BCUT2D eigenvalue weighted by atomic mass is 16.5. The second-order valence-corrected chi connectivity index (χ2v) is 5.21. The van der Waals surface area contributed by atoms with Crippen LogP contribution in [0.3, 0.4) is 0 Å². The summed E-state index contributed by atoms with van der Waals surface area (Å²) in [5, 5.41) is 23.0. The lowest BCUT2D eigenvalue weighted by molar-refractivity contribution is 0.0572. The molecule has 6 nitrogen and oxygen atoms in total. The van der Waals surface area contributed by atoms with Crippen LogP contribution in [-0.2, 0) is 6.54 Å². The van der Waals surface area contributed by atoms with Crippen molar-refractivity contribution in [2.75, 3.05) is 13.1 Å². The number of likely N-dealkylation sites (tertiary alicyclic amines) is 1. The first-order valence-electron chi connectivity index (χ1n) is 6.60. The predicted molar refractivity (Wildman–Crippen MR) is 71.8 cm³/mol. The Kier molecular flexibility index (Phi) is 3.52. The van der Waals surface area contributed by atoms with Gasteiger partial charge in [-0.15, -0.1) is 0 Å². The number of aliphatic hydroxyl groups is 2. The second kappa shape index (κ2) is 5.32. The number of hydrogen-bond donors (Lipinski definition) is 2. The molecule has 20 heavy (non-hydrogen) atoms. The van der Waals surface area contributed by atoms with Gasteiger partial charge < -0.3 is 14.7 Å². The van der Waals surface area contributed by atoms with Crippen molar-refractivity contribution in [1.29, 1.82) is 0 Å². The molecule has 0 bridgehead atoms. The van der Waals surface area contributed by atoms with Gasteiger partial charge in [-0.05, 0) is 19.1 Å². The minimum Gasteiger partial charge on any atom is -0.389 e. The van der Waals surface area contributed by atoms with Gasteiger partial charge in [-0.3, -0.25) is 4.90 Å². The number of β-amino-alcohol motifs (C(OH)–C–C–N with tert-alkyl or cyclic N) is 2. The van der Waals surface area contributed by atoms with Gasteiger partial charge in [0.1, 0.15) is 0 Å². The molecule has 1 aromatic carbocycles. The van der Waals surface area contributed by atoms with Crippen LogP contribution in [0.15, 0.2) is 28.8 Å². The average Bonchev–Trinajstić information content (AvgIpc) is 2.98. The molecule has 1 aliphatic rings. The van der Waals surface area contributed by atoms with Gasteiger partial charge in [-0.1, -0.05) is 22.9 Å². The zero-order chi connectivity index (χ0) is 14.1. The lowest BCUT2D eigenvalue weighted by Crippen LogP contribution is -2.22. The number of benzene rings is 1. The molecular formula is C14H17N3O3. The highest BCUT2D eigenvalue weighted by Gasteiger charge is 2.30. The molecule has 2 atom stereocenters. The molecule has 0 aliphatic carbocycles. The maximum atomic E-state index is 9.50. The summed E-state index contributed by atoms with van der Waals surface area (Å²) in [6.45, 7) is 3.32. The van der Waals surface area contributed by atoms with E-state index in [2.05, 4.69) is 10.1 Å². The third kappa shape index (κ3) is 2.72. The highest BCUT2D eigenvalue weighted by Crippen LogP contribution is 2.19. The largest absolute Gasteiger partial charge is 0.389 e. The fourth-order valence-corrected chi connectivity index (χ4v) is 2.39. The van der Waals surface area contributed by atoms with E-state index >= 15 is 0 Å². The van der Waals surface area contributed by atoms with E-state index in [1.807, 2.05) is 36.1 Å². The molecule has 0 unspecified atom stereocenters. The smallest absolute Gasteiger partial charge is 0.257 e. The predicted octanol–water partition coefficient (Wildman–Crippen LogP) is 0.582. The molecule has 3 rings (SSSR count). The van der Waals surface area contributed by atoms with Crippen LogP contribution < -0.4 is 0 Å². The van der Waals surface area contributed by atoms with Crippen LogP contribution in [0.25, 0.3) is 11.5 Å². The standard InChI is InChI=1S/C14H17N3O3/c1-9-3-2-4-10(5-9)14-15-13(16-20-14)8-17-6-11(18)12(19)7-17/h2-5,11-12,18-19H,6-8H2,1H3/t11-,12+. The number of aliphatic hydroxyl groups excluding tert-OH is 2. The van der Waals surface area contributed by atoms with Crippen LogP contribution in [-0.4, -0.2) is 50.6 Å². The Morgan fingerprint density at radius 3 is 2.75 bits per heavy atom. The molecule has 0 radical (unpaired) electrons. The van der Waals surface area contributed by atoms with Crippen molar-refractivity contribution in [2.24, 2.45) is 0 Å². The molecule has 1 aromatic heterocycles. The molecule has 2 N–H and O–H groups in total. The van der Waals surface area contributed by atoms with E-state index < -0.39 is 12.2 Å². The summed E-state index contributed by atoms with van der Waals surface area (Å²) < 4.78 is 5.26. The molecule has 1 saturated heterocycles. The van der Waals surface area contributed by atoms with E-state index in [4.69, 9.17) is 4.52 Å². The third-order valence-electron chi connectivity index (χ3n) is 3.43. The fourth-order valence-electron chi connectivity index (χ4n) is 2.39. The van der Waals surface area contributed by atoms with Crippen molar-refractivity contribution in [3.8, 4) is 11.5 Å². The van der Waals surface area contributed by atoms with E-state index in [9.17, 15) is 10.2 Å². The van der Waals surface area contributed by atoms with Gasteiger partial charge in [0.2, 0.25) is 0 Å². The highest BCUT2D eigenvalue weighted by molar-refractivity contribution is 5.53. The molecule has 6 heteroatoms. The van der Waals surface area contributed by atoms with Gasteiger partial charge >= 0.3 is 0 Å². The van der Waals surface area contributed by atoms with E-state index in [1.54, 1.807) is 0 Å². The molecule has 0 spiro atoms. The topological polar surface area (TPSA) is 82.6 Å². The summed E-state index contributed by atoms with van der Waals surface area (Å²) in [5.74, 6) is 1.05. The van der Waals surface area contributed by atoms with Crippen LogP contribution in [0, 0.1) is 6.92 Å². The van der Waals surface area contributed by atoms with Gasteiger partial charge in [-0.2, -0.15) is 4.98 Å². The van der Waals surface area contributed by atoms with Gasteiger partial charge in [0.25, 0.3) is 5.89 Å². The van der Waals surface area contributed by atoms with Crippen LogP contribution in [0.4, 0.5) is 0 Å². The Balaban J connectivity index is 1.71.